The zero-order chi connectivity index (χ0) is 40.9. The molecule has 0 saturated carbocycles. The summed E-state index contributed by atoms with van der Waals surface area (Å²) in [5.74, 6) is -1.82. The van der Waals surface area contributed by atoms with Gasteiger partial charge >= 0.3 is 190 Å². The second-order valence-corrected chi connectivity index (χ2v) is 24.2. The molecule has 4 nitrogen and oxygen atoms in total. The first-order valence-corrected chi connectivity index (χ1v) is 32.3. The van der Waals surface area contributed by atoms with E-state index in [1.165, 1.54) is 180 Å². The summed E-state index contributed by atoms with van der Waals surface area (Å²) < 4.78 is 6.56. The van der Waals surface area contributed by atoms with E-state index >= 15 is 0 Å². The van der Waals surface area contributed by atoms with Crippen LogP contribution in [0.4, 0.5) is 0 Å². The van der Waals surface area contributed by atoms with Crippen LogP contribution in [-0.4, -0.2) is 54.2 Å². The van der Waals surface area contributed by atoms with Crippen LogP contribution in [-0.2, 0) is 9.59 Å². The van der Waals surface area contributed by atoms with Crippen LogP contribution in [0.5, 0.6) is 0 Å². The average Bonchev–Trinajstić information content (AvgIpc) is 3.16. The van der Waals surface area contributed by atoms with Gasteiger partial charge < -0.3 is 19.8 Å². The quantitative estimate of drug-likeness (QED) is 0.0453. The maximum absolute atomic E-state index is 10.1. The van der Waals surface area contributed by atoms with Crippen molar-refractivity contribution in [2.75, 3.05) is 0 Å². The Morgan fingerprint density at radius 3 is 0.685 bits per heavy atom. The van der Waals surface area contributed by atoms with Crippen molar-refractivity contribution >= 4 is 54.2 Å². The molecule has 0 amide bonds. The van der Waals surface area contributed by atoms with E-state index < -0.39 is 11.9 Å². The molecular formula is C48H98O4Sn2+2. The fraction of sp³-hybridized carbons (Fsp3) is 0.958. The summed E-state index contributed by atoms with van der Waals surface area (Å²) in [6, 6.07) is 0. The first kappa shape index (κ1) is 61.2. The van der Waals surface area contributed by atoms with Gasteiger partial charge in [0.1, 0.15) is 0 Å². The molecule has 0 aromatic rings. The van der Waals surface area contributed by atoms with E-state index in [-0.39, 0.29) is 55.1 Å². The Morgan fingerprint density at radius 2 is 0.463 bits per heavy atom. The molecule has 0 unspecified atom stereocenters. The molecule has 0 aromatic carbocycles. The molecule has 0 atom stereocenters. The van der Waals surface area contributed by atoms with E-state index in [4.69, 9.17) is 0 Å². The van der Waals surface area contributed by atoms with Crippen molar-refractivity contribution in [1.82, 2.24) is 0 Å². The standard InChI is InChI=1S/2C12H24O2.2C8H17.2C4H9.2Sn/c2*1-2-3-4-5-6-7-8-9-10-11-12(13)14;2*1-3-5-7-8-6-4-2;2*1-3-4-2;;/h2*2-11H2,1H3,(H,13,14);2*1,3-8H2,2H3;2*1,3-4H2,2H3;;/q;;;;;;2*+2/p-2. The van der Waals surface area contributed by atoms with E-state index in [1.807, 2.05) is 0 Å². The second-order valence-electron chi connectivity index (χ2n) is 15.6. The van der Waals surface area contributed by atoms with Gasteiger partial charge in [0.2, 0.25) is 0 Å². The summed E-state index contributed by atoms with van der Waals surface area (Å²) in [7, 11) is 0. The summed E-state index contributed by atoms with van der Waals surface area (Å²) in [6.07, 6.45) is 46.0. The maximum atomic E-state index is 10.1. The summed E-state index contributed by atoms with van der Waals surface area (Å²) >= 11 is 0.223. The van der Waals surface area contributed by atoms with Crippen molar-refractivity contribution in [2.45, 2.75) is 290 Å². The zero-order valence-electron chi connectivity index (χ0n) is 37.9. The van der Waals surface area contributed by atoms with Crippen LogP contribution in [0.1, 0.15) is 273 Å². The molecule has 54 heavy (non-hydrogen) atoms. The number of carboxylic acid groups (broad SMARTS) is 2. The Bertz CT molecular complexity index is 594. The number of aliphatic carboxylic acids is 2. The van der Waals surface area contributed by atoms with Gasteiger partial charge in [0.25, 0.3) is 0 Å². The summed E-state index contributed by atoms with van der Waals surface area (Å²) in [5.41, 5.74) is 0. The third-order valence-corrected chi connectivity index (χ3v) is 17.9. The van der Waals surface area contributed by atoms with Gasteiger partial charge in [0.15, 0.2) is 0 Å². The van der Waals surface area contributed by atoms with Gasteiger partial charge in [-0.15, -0.1) is 0 Å². The zero-order valence-corrected chi connectivity index (χ0v) is 43.6. The number of rotatable bonds is 40. The fourth-order valence-electron chi connectivity index (χ4n) is 6.07. The van der Waals surface area contributed by atoms with E-state index in [9.17, 15) is 19.8 Å². The molecule has 0 aromatic heterocycles. The molecular weight excluding hydrogens is 878 g/mol. The van der Waals surface area contributed by atoms with Gasteiger partial charge in [0, 0.05) is 11.9 Å². The van der Waals surface area contributed by atoms with Crippen molar-refractivity contribution in [3.8, 4) is 0 Å². The third-order valence-electron chi connectivity index (χ3n) is 9.80. The fourth-order valence-corrected chi connectivity index (χ4v) is 13.8. The minimum absolute atomic E-state index is 0.0736. The number of carbonyl (C=O) groups is 2. The third kappa shape index (κ3) is 77.1. The number of unbranched alkanes of at least 4 members (excludes halogenated alkanes) is 28. The molecule has 0 bridgehead atoms. The number of carbonyl (C=O) groups excluding carboxylic acids is 2. The van der Waals surface area contributed by atoms with Crippen molar-refractivity contribution in [1.29, 1.82) is 0 Å². The molecule has 0 rings (SSSR count). The Labute approximate surface area is 362 Å². The average molecular weight is 977 g/mol. The van der Waals surface area contributed by atoms with Gasteiger partial charge in [-0.1, -0.05) is 117 Å². The normalized spacial score (nSPS) is 10.2. The summed E-state index contributed by atoms with van der Waals surface area (Å²) in [5, 5.41) is 20.2. The molecule has 0 aliphatic heterocycles. The predicted octanol–water partition coefficient (Wildman–Crippen LogP) is 14.7. The Kier molecular flexibility index (Phi) is 71.1. The Hall–Kier alpha value is 0.537. The molecule has 0 heterocycles. The van der Waals surface area contributed by atoms with Crippen LogP contribution in [0.2, 0.25) is 17.7 Å². The molecule has 0 saturated heterocycles. The van der Waals surface area contributed by atoms with Gasteiger partial charge in [-0.3, -0.25) is 0 Å². The van der Waals surface area contributed by atoms with Crippen molar-refractivity contribution in [3.63, 3.8) is 0 Å². The van der Waals surface area contributed by atoms with Crippen LogP contribution in [0.25, 0.3) is 0 Å². The summed E-state index contributed by atoms with van der Waals surface area (Å²) in [4.78, 5) is 20.2. The predicted molar refractivity (Wildman–Crippen MR) is 241 cm³/mol. The molecule has 0 fully saturated rings. The Balaban J connectivity index is -0.000000315. The Morgan fingerprint density at radius 1 is 0.278 bits per heavy atom. The van der Waals surface area contributed by atoms with Crippen LogP contribution in [0.3, 0.4) is 0 Å². The second kappa shape index (κ2) is 62.7. The van der Waals surface area contributed by atoms with E-state index in [1.54, 1.807) is 30.6 Å². The molecule has 320 valence electrons. The molecule has 0 spiro atoms. The topological polar surface area (TPSA) is 80.3 Å². The first-order valence-electron chi connectivity index (χ1n) is 24.2. The van der Waals surface area contributed by atoms with Crippen molar-refractivity contribution in [2.24, 2.45) is 0 Å². The van der Waals surface area contributed by atoms with Gasteiger partial charge in [-0.05, 0) is 25.7 Å². The molecule has 0 radical (unpaired) electrons. The van der Waals surface area contributed by atoms with Crippen LogP contribution < -0.4 is 10.2 Å². The van der Waals surface area contributed by atoms with Gasteiger partial charge in [-0.2, -0.15) is 0 Å². The van der Waals surface area contributed by atoms with Gasteiger partial charge in [-0.25, -0.2) is 0 Å². The number of hydrogen-bond donors (Lipinski definition) is 0. The molecule has 0 aliphatic rings. The van der Waals surface area contributed by atoms with E-state index in [2.05, 4.69) is 41.5 Å². The molecule has 0 N–H and O–H groups in total. The van der Waals surface area contributed by atoms with Crippen molar-refractivity contribution in [3.05, 3.63) is 0 Å². The van der Waals surface area contributed by atoms with E-state index in [0.717, 1.165) is 25.7 Å². The summed E-state index contributed by atoms with van der Waals surface area (Å²) in [6.45, 7) is 13.6. The molecule has 0 aliphatic carbocycles. The number of hydrogen-bond acceptors (Lipinski definition) is 4. The van der Waals surface area contributed by atoms with Gasteiger partial charge in [0.05, 0.1) is 0 Å². The van der Waals surface area contributed by atoms with Crippen LogP contribution in [0.15, 0.2) is 0 Å². The van der Waals surface area contributed by atoms with Crippen LogP contribution in [0, 0.1) is 0 Å². The van der Waals surface area contributed by atoms with E-state index in [0.29, 0.717) is 0 Å². The minimum atomic E-state index is -0.909. The monoisotopic (exact) mass is 979 g/mol. The van der Waals surface area contributed by atoms with Crippen molar-refractivity contribution < 1.29 is 19.8 Å². The SMILES string of the molecule is CCCCCCCCCCCC(=O)[O-].CCCCCCCCCCCC(=O)[O-].CCCCCCC[CH2][Sn+2][CH2]CCCCCCC.CCC[CH2][Sn+2][CH2]CCC. The van der Waals surface area contributed by atoms with Crippen LogP contribution >= 0.6 is 0 Å². The molecule has 6 heteroatoms. The number of carboxylic acids is 2. The first-order chi connectivity index (χ1) is 26.4.